The van der Waals surface area contributed by atoms with E-state index in [9.17, 15) is 17.6 Å². The molecule has 144 valence electrons. The van der Waals surface area contributed by atoms with E-state index < -0.39 is 15.8 Å². The molecule has 3 rings (SSSR count). The Balaban J connectivity index is 1.66. The largest absolute Gasteiger partial charge is 0.352 e. The molecular weight excluding hydrogens is 357 g/mol. The highest BCUT2D eigenvalue weighted by molar-refractivity contribution is 7.89. The predicted octanol–water partition coefficient (Wildman–Crippen LogP) is 1.48. The summed E-state index contributed by atoms with van der Waals surface area (Å²) in [6.07, 6.45) is 3.27. The molecular formula is C18H26FN3O3S. The fraction of sp³-hybridized carbons (Fsp3) is 0.611. The van der Waals surface area contributed by atoms with Crippen LogP contribution < -0.4 is 10.6 Å². The van der Waals surface area contributed by atoms with Crippen molar-refractivity contribution in [2.45, 2.75) is 49.6 Å². The van der Waals surface area contributed by atoms with Crippen LogP contribution in [0.2, 0.25) is 0 Å². The Hall–Kier alpha value is -1.51. The van der Waals surface area contributed by atoms with Crippen molar-refractivity contribution in [2.24, 2.45) is 5.92 Å². The van der Waals surface area contributed by atoms with Gasteiger partial charge < -0.3 is 10.6 Å². The normalized spacial score (nSPS) is 27.8. The summed E-state index contributed by atoms with van der Waals surface area (Å²) in [7, 11) is -3.71. The van der Waals surface area contributed by atoms with Gasteiger partial charge >= 0.3 is 0 Å². The molecule has 0 spiro atoms. The van der Waals surface area contributed by atoms with E-state index in [1.165, 1.54) is 16.4 Å². The van der Waals surface area contributed by atoms with E-state index in [0.29, 0.717) is 19.4 Å². The predicted molar refractivity (Wildman–Crippen MR) is 96.5 cm³/mol. The number of piperidine rings is 2. The smallest absolute Gasteiger partial charge is 0.243 e. The van der Waals surface area contributed by atoms with Crippen molar-refractivity contribution < 1.29 is 17.6 Å². The molecule has 0 saturated carbocycles. The van der Waals surface area contributed by atoms with Crippen molar-refractivity contribution >= 4 is 15.9 Å². The third-order valence-electron chi connectivity index (χ3n) is 5.30. The Labute approximate surface area is 154 Å². The Kier molecular flexibility index (Phi) is 5.94. The van der Waals surface area contributed by atoms with Gasteiger partial charge in [-0.3, -0.25) is 4.79 Å². The highest BCUT2D eigenvalue weighted by Gasteiger charge is 2.34. The van der Waals surface area contributed by atoms with Crippen LogP contribution in [0.25, 0.3) is 0 Å². The minimum Gasteiger partial charge on any atom is -0.352 e. The molecule has 6 nitrogen and oxygen atoms in total. The van der Waals surface area contributed by atoms with E-state index in [-0.39, 0.29) is 35.3 Å². The lowest BCUT2D eigenvalue weighted by atomic mass is 9.95. The first-order valence-electron chi connectivity index (χ1n) is 9.17. The molecule has 26 heavy (non-hydrogen) atoms. The van der Waals surface area contributed by atoms with Crippen molar-refractivity contribution in [2.75, 3.05) is 19.6 Å². The molecule has 3 unspecified atom stereocenters. The fourth-order valence-electron chi connectivity index (χ4n) is 3.67. The summed E-state index contributed by atoms with van der Waals surface area (Å²) in [5.41, 5.74) is 0. The summed E-state index contributed by atoms with van der Waals surface area (Å²) in [6.45, 7) is 3.56. The maximum absolute atomic E-state index is 13.1. The van der Waals surface area contributed by atoms with Crippen molar-refractivity contribution in [1.82, 2.24) is 14.9 Å². The molecule has 2 aliphatic heterocycles. The minimum absolute atomic E-state index is 0.0602. The third-order valence-corrected chi connectivity index (χ3v) is 7.18. The summed E-state index contributed by atoms with van der Waals surface area (Å²) < 4.78 is 40.0. The number of sulfonamides is 1. The van der Waals surface area contributed by atoms with Gasteiger partial charge in [0, 0.05) is 25.2 Å². The number of hydrogen-bond acceptors (Lipinski definition) is 4. The van der Waals surface area contributed by atoms with Gasteiger partial charge in [0.15, 0.2) is 0 Å². The number of rotatable bonds is 4. The van der Waals surface area contributed by atoms with Crippen LogP contribution in [0.5, 0.6) is 0 Å². The Morgan fingerprint density at radius 3 is 2.65 bits per heavy atom. The number of amides is 1. The molecule has 8 heteroatoms. The fourth-order valence-corrected chi connectivity index (χ4v) is 5.20. The first-order chi connectivity index (χ1) is 12.4. The second-order valence-electron chi connectivity index (χ2n) is 7.16. The Morgan fingerprint density at radius 2 is 1.96 bits per heavy atom. The van der Waals surface area contributed by atoms with Crippen LogP contribution in [0, 0.1) is 11.7 Å². The molecule has 0 aromatic heterocycles. The first-order valence-corrected chi connectivity index (χ1v) is 10.6. The van der Waals surface area contributed by atoms with Crippen molar-refractivity contribution in [3.8, 4) is 0 Å². The van der Waals surface area contributed by atoms with E-state index in [1.807, 2.05) is 0 Å². The standard InChI is InChI=1S/C18H26FN3O3S/c1-13-17(5-2-10-20-13)21-18(23)14-4-3-11-22(12-14)26(24,25)16-8-6-15(19)7-9-16/h6-9,13-14,17,20H,2-5,10-12H2,1H3,(H,21,23). The molecule has 0 radical (unpaired) electrons. The molecule has 1 amide bonds. The second kappa shape index (κ2) is 8.02. The molecule has 2 N–H and O–H groups in total. The molecule has 2 heterocycles. The number of halogens is 1. The SMILES string of the molecule is CC1NCCCC1NC(=O)C1CCCN(S(=O)(=O)c2ccc(F)cc2)C1. The van der Waals surface area contributed by atoms with Gasteiger partial charge in [-0.2, -0.15) is 4.31 Å². The topological polar surface area (TPSA) is 78.5 Å². The summed E-state index contributed by atoms with van der Waals surface area (Å²) in [6, 6.07) is 5.11. The maximum atomic E-state index is 13.1. The Morgan fingerprint density at radius 1 is 1.23 bits per heavy atom. The average Bonchev–Trinajstić information content (AvgIpc) is 2.64. The van der Waals surface area contributed by atoms with Crippen LogP contribution in [0.15, 0.2) is 29.2 Å². The number of nitrogens with zero attached hydrogens (tertiary/aromatic N) is 1. The van der Waals surface area contributed by atoms with Crippen molar-refractivity contribution in [1.29, 1.82) is 0 Å². The average molecular weight is 383 g/mol. The van der Waals surface area contributed by atoms with Crippen LogP contribution in [-0.2, 0) is 14.8 Å². The number of carbonyl (C=O) groups excluding carboxylic acids is 1. The Bertz CT molecular complexity index is 739. The molecule has 2 aliphatic rings. The van der Waals surface area contributed by atoms with E-state index in [0.717, 1.165) is 31.5 Å². The second-order valence-corrected chi connectivity index (χ2v) is 9.09. The van der Waals surface area contributed by atoms with Crippen LogP contribution in [0.3, 0.4) is 0 Å². The molecule has 0 bridgehead atoms. The molecule has 0 aliphatic carbocycles. The van der Waals surface area contributed by atoms with Gasteiger partial charge in [0.25, 0.3) is 0 Å². The first kappa shape index (κ1) is 19.3. The van der Waals surface area contributed by atoms with Crippen LogP contribution >= 0.6 is 0 Å². The summed E-state index contributed by atoms with van der Waals surface area (Å²) in [4.78, 5) is 12.7. The van der Waals surface area contributed by atoms with Crippen molar-refractivity contribution in [3.63, 3.8) is 0 Å². The van der Waals surface area contributed by atoms with E-state index in [2.05, 4.69) is 17.6 Å². The molecule has 1 aromatic carbocycles. The van der Waals surface area contributed by atoms with Gasteiger partial charge in [0.2, 0.25) is 15.9 Å². The van der Waals surface area contributed by atoms with Gasteiger partial charge in [-0.25, -0.2) is 12.8 Å². The zero-order valence-corrected chi connectivity index (χ0v) is 15.8. The van der Waals surface area contributed by atoms with E-state index in [4.69, 9.17) is 0 Å². The summed E-state index contributed by atoms with van der Waals surface area (Å²) in [5.74, 6) is -0.910. The highest BCUT2D eigenvalue weighted by atomic mass is 32.2. The van der Waals surface area contributed by atoms with Gasteiger partial charge in [-0.05, 0) is 63.4 Å². The van der Waals surface area contributed by atoms with Gasteiger partial charge in [0.05, 0.1) is 10.8 Å². The minimum atomic E-state index is -3.71. The van der Waals surface area contributed by atoms with E-state index >= 15 is 0 Å². The van der Waals surface area contributed by atoms with Gasteiger partial charge in [0.1, 0.15) is 5.82 Å². The van der Waals surface area contributed by atoms with Crippen molar-refractivity contribution in [3.05, 3.63) is 30.1 Å². The third kappa shape index (κ3) is 4.24. The lowest BCUT2D eigenvalue weighted by Crippen LogP contribution is -2.54. The highest BCUT2D eigenvalue weighted by Crippen LogP contribution is 2.24. The van der Waals surface area contributed by atoms with Crippen LogP contribution in [-0.4, -0.2) is 50.3 Å². The number of hydrogen-bond donors (Lipinski definition) is 2. The molecule has 2 fully saturated rings. The zero-order chi connectivity index (χ0) is 18.7. The maximum Gasteiger partial charge on any atom is 0.243 e. The van der Waals surface area contributed by atoms with Gasteiger partial charge in [-0.15, -0.1) is 0 Å². The van der Waals surface area contributed by atoms with Crippen LogP contribution in [0.1, 0.15) is 32.6 Å². The number of nitrogens with one attached hydrogen (secondary N) is 2. The number of carbonyl (C=O) groups is 1. The lowest BCUT2D eigenvalue weighted by Gasteiger charge is -2.35. The van der Waals surface area contributed by atoms with Gasteiger partial charge in [-0.1, -0.05) is 0 Å². The summed E-state index contributed by atoms with van der Waals surface area (Å²) >= 11 is 0. The molecule has 2 saturated heterocycles. The molecule has 3 atom stereocenters. The zero-order valence-electron chi connectivity index (χ0n) is 14.9. The quantitative estimate of drug-likeness (QED) is 0.826. The summed E-state index contributed by atoms with van der Waals surface area (Å²) in [5, 5.41) is 6.43. The monoisotopic (exact) mass is 383 g/mol. The van der Waals surface area contributed by atoms with Crippen LogP contribution in [0.4, 0.5) is 4.39 Å². The number of benzene rings is 1. The molecule has 1 aromatic rings. The van der Waals surface area contributed by atoms with E-state index in [1.54, 1.807) is 0 Å². The lowest BCUT2D eigenvalue weighted by molar-refractivity contribution is -0.127.